The summed E-state index contributed by atoms with van der Waals surface area (Å²) in [6, 6.07) is 5.19. The van der Waals surface area contributed by atoms with Crippen LogP contribution in [0, 0.1) is 12.8 Å². The van der Waals surface area contributed by atoms with Gasteiger partial charge in [-0.05, 0) is 73.3 Å². The Kier molecular flexibility index (Phi) is 15.3. The average molecular weight is 583 g/mol. The first-order chi connectivity index (χ1) is 20.9. The normalized spacial score (nSPS) is 15.0. The monoisotopic (exact) mass is 582 g/mol. The number of hydrogen-bond donors (Lipinski definition) is 0. The summed E-state index contributed by atoms with van der Waals surface area (Å²) < 4.78 is 16.6. The number of benzene rings is 1. The molecule has 2 radical (unpaired) electrons. The van der Waals surface area contributed by atoms with Gasteiger partial charge in [-0.1, -0.05) is 80.4 Å². The molecule has 0 amide bonds. The molecule has 0 unspecified atom stereocenters. The minimum Gasteiger partial charge on any atom is -0.494 e. The van der Waals surface area contributed by atoms with Gasteiger partial charge in [0.25, 0.3) is 0 Å². The van der Waals surface area contributed by atoms with Crippen molar-refractivity contribution in [2.75, 3.05) is 13.7 Å². The number of rotatable bonds is 10. The van der Waals surface area contributed by atoms with Crippen LogP contribution in [0.1, 0.15) is 68.8 Å². The van der Waals surface area contributed by atoms with Gasteiger partial charge in [0, 0.05) is 18.4 Å². The molecule has 6 heteroatoms. The van der Waals surface area contributed by atoms with Crippen LogP contribution < -0.4 is 4.74 Å². The number of ether oxygens (including phenoxy) is 3. The van der Waals surface area contributed by atoms with Gasteiger partial charge >= 0.3 is 11.9 Å². The lowest BCUT2D eigenvalue weighted by atomic mass is 9.88. The van der Waals surface area contributed by atoms with Gasteiger partial charge in [-0.15, -0.1) is 6.58 Å². The van der Waals surface area contributed by atoms with Crippen molar-refractivity contribution in [1.29, 1.82) is 0 Å². The topological polar surface area (TPSA) is 78.9 Å². The van der Waals surface area contributed by atoms with Crippen LogP contribution in [0.4, 0.5) is 0 Å². The molecular weight excluding hydrogens is 540 g/mol. The summed E-state index contributed by atoms with van der Waals surface area (Å²) in [5.74, 6) is -0.0302. The molecule has 0 spiro atoms. The third kappa shape index (κ3) is 10.7. The number of allylic oxidation sites excluding steroid dienone is 13. The van der Waals surface area contributed by atoms with Gasteiger partial charge in [0.1, 0.15) is 23.9 Å². The molecule has 3 aliphatic carbocycles. The molecule has 226 valence electrons. The zero-order valence-corrected chi connectivity index (χ0v) is 25.7. The molecule has 0 heterocycles. The largest absolute Gasteiger partial charge is 0.494 e. The number of hydrogen-bond acceptors (Lipinski definition) is 6. The van der Waals surface area contributed by atoms with E-state index in [2.05, 4.69) is 26.0 Å². The third-order valence-corrected chi connectivity index (χ3v) is 6.56. The smallest absolute Gasteiger partial charge is 0.341 e. The molecule has 0 fully saturated rings. The number of unbranched alkanes of at least 4 members (excludes halogenated alkanes) is 3. The Labute approximate surface area is 256 Å². The SMILES string of the molecule is C=CC.C=O.CCCCCCOC1=CC2=CC=C(c3ccc(OC(=O)C4=C[CH]C(C)=CC4)c(C(=O)OC)c3)[CH]C2=CC=C1. The van der Waals surface area contributed by atoms with E-state index in [-0.39, 0.29) is 11.3 Å². The van der Waals surface area contributed by atoms with E-state index in [1.807, 2.05) is 69.6 Å². The summed E-state index contributed by atoms with van der Waals surface area (Å²) in [6.45, 7) is 12.1. The summed E-state index contributed by atoms with van der Waals surface area (Å²) in [5, 5.41) is 0. The summed E-state index contributed by atoms with van der Waals surface area (Å²) in [4.78, 5) is 33.3. The Hall–Kier alpha value is -4.45. The molecule has 0 N–H and O–H groups in total. The predicted octanol–water partition coefficient (Wildman–Crippen LogP) is 8.37. The van der Waals surface area contributed by atoms with Crippen molar-refractivity contribution in [2.45, 2.75) is 52.9 Å². The van der Waals surface area contributed by atoms with Crippen molar-refractivity contribution >= 4 is 24.3 Å². The number of esters is 2. The second-order valence-electron chi connectivity index (χ2n) is 9.84. The second-order valence-corrected chi connectivity index (χ2v) is 9.84. The first kappa shape index (κ1) is 34.7. The molecule has 1 aromatic carbocycles. The summed E-state index contributed by atoms with van der Waals surface area (Å²) in [7, 11) is 1.31. The van der Waals surface area contributed by atoms with Crippen molar-refractivity contribution in [3.63, 3.8) is 0 Å². The zero-order chi connectivity index (χ0) is 31.6. The van der Waals surface area contributed by atoms with Gasteiger partial charge < -0.3 is 19.0 Å². The molecule has 6 nitrogen and oxygen atoms in total. The van der Waals surface area contributed by atoms with Crippen LogP contribution in [0.25, 0.3) is 5.57 Å². The van der Waals surface area contributed by atoms with Crippen LogP contribution in [0.3, 0.4) is 0 Å². The molecule has 0 bridgehead atoms. The van der Waals surface area contributed by atoms with Crippen LogP contribution in [0.5, 0.6) is 5.75 Å². The van der Waals surface area contributed by atoms with Crippen LogP contribution in [-0.2, 0) is 19.1 Å². The van der Waals surface area contributed by atoms with Gasteiger partial charge in [-0.2, -0.15) is 0 Å². The van der Waals surface area contributed by atoms with Gasteiger partial charge in [-0.3, -0.25) is 0 Å². The summed E-state index contributed by atoms with van der Waals surface area (Å²) in [5.41, 5.74) is 5.67. The van der Waals surface area contributed by atoms with E-state index in [9.17, 15) is 9.59 Å². The third-order valence-electron chi connectivity index (χ3n) is 6.56. The second kappa shape index (κ2) is 18.9. The Morgan fingerprint density at radius 2 is 1.72 bits per heavy atom. The fraction of sp³-hybridized carbons (Fsp3) is 0.270. The first-order valence-corrected chi connectivity index (χ1v) is 14.4. The zero-order valence-electron chi connectivity index (χ0n) is 25.7. The van der Waals surface area contributed by atoms with E-state index in [4.69, 9.17) is 19.0 Å². The van der Waals surface area contributed by atoms with Gasteiger partial charge in [0.05, 0.1) is 13.7 Å². The maximum Gasteiger partial charge on any atom is 0.341 e. The molecule has 0 saturated carbocycles. The number of fused-ring (bicyclic) bond motifs is 1. The molecule has 4 rings (SSSR count). The molecule has 0 aromatic heterocycles. The summed E-state index contributed by atoms with van der Waals surface area (Å²) >= 11 is 0. The molecule has 3 aliphatic rings. The fourth-order valence-electron chi connectivity index (χ4n) is 4.31. The minimum absolute atomic E-state index is 0.172. The lowest BCUT2D eigenvalue weighted by Gasteiger charge is -2.18. The Bertz CT molecular complexity index is 1360. The van der Waals surface area contributed by atoms with Crippen LogP contribution in [-0.4, -0.2) is 32.4 Å². The highest BCUT2D eigenvalue weighted by Crippen LogP contribution is 2.35. The maximum absolute atomic E-state index is 12.7. The number of carbonyl (C=O) groups is 3. The van der Waals surface area contributed by atoms with Crippen molar-refractivity contribution in [2.24, 2.45) is 0 Å². The molecule has 0 aliphatic heterocycles. The summed E-state index contributed by atoms with van der Waals surface area (Å²) in [6.07, 6.45) is 26.7. The van der Waals surface area contributed by atoms with Crippen molar-refractivity contribution in [3.05, 3.63) is 131 Å². The number of methoxy groups -OCH3 is 1. The fourth-order valence-corrected chi connectivity index (χ4v) is 4.31. The first-order valence-electron chi connectivity index (χ1n) is 14.4. The van der Waals surface area contributed by atoms with E-state index < -0.39 is 11.9 Å². The van der Waals surface area contributed by atoms with Crippen LogP contribution in [0.15, 0.2) is 108 Å². The Morgan fingerprint density at radius 3 is 2.40 bits per heavy atom. The Balaban J connectivity index is 0.00000121. The molecular formula is C37H42O6. The van der Waals surface area contributed by atoms with Crippen molar-refractivity contribution < 1.29 is 28.6 Å². The minimum atomic E-state index is -0.567. The highest BCUT2D eigenvalue weighted by molar-refractivity contribution is 5.97. The average Bonchev–Trinajstić information content (AvgIpc) is 3.24. The van der Waals surface area contributed by atoms with E-state index in [1.54, 1.807) is 24.3 Å². The van der Waals surface area contributed by atoms with Gasteiger partial charge in [0.15, 0.2) is 0 Å². The van der Waals surface area contributed by atoms with Crippen molar-refractivity contribution in [1.82, 2.24) is 0 Å². The molecule has 1 aromatic rings. The highest BCUT2D eigenvalue weighted by Gasteiger charge is 2.22. The molecule has 0 atom stereocenters. The lowest BCUT2D eigenvalue weighted by molar-refractivity contribution is -0.130. The standard InChI is InChI=1S/C33H34O5.C3H6.CH2O/c1-4-5-6-7-19-37-29-10-8-9-25-20-26(15-16-27(25)21-29)28-17-18-31(30(22-28)33(35)36-3)38-32(34)24-13-11-23(2)12-14-24;1-3-2;1-2/h8-13,15-18,20-22H,4-7,14,19H2,1-3H3;3H,1H2,2H3;1H2. The van der Waals surface area contributed by atoms with Crippen LogP contribution in [0.2, 0.25) is 0 Å². The van der Waals surface area contributed by atoms with Crippen molar-refractivity contribution in [3.8, 4) is 5.75 Å². The quantitative estimate of drug-likeness (QED) is 0.119. The molecule has 43 heavy (non-hydrogen) atoms. The van der Waals surface area contributed by atoms with E-state index in [0.717, 1.165) is 40.0 Å². The number of carbonyl (C=O) groups excluding carboxylic acids is 3. The van der Waals surface area contributed by atoms with Gasteiger partial charge in [0.2, 0.25) is 0 Å². The molecule has 0 saturated heterocycles. The van der Waals surface area contributed by atoms with E-state index >= 15 is 0 Å². The lowest BCUT2D eigenvalue weighted by Crippen LogP contribution is -2.15. The van der Waals surface area contributed by atoms with Gasteiger partial charge in [-0.25, -0.2) is 9.59 Å². The predicted molar refractivity (Wildman–Crippen MR) is 173 cm³/mol. The Morgan fingerprint density at radius 1 is 0.977 bits per heavy atom. The highest BCUT2D eigenvalue weighted by atomic mass is 16.5. The van der Waals surface area contributed by atoms with E-state index in [0.29, 0.717) is 18.6 Å². The van der Waals surface area contributed by atoms with E-state index in [1.165, 1.54) is 26.4 Å². The van der Waals surface area contributed by atoms with Crippen LogP contribution >= 0.6 is 0 Å². The maximum atomic E-state index is 12.7.